The fourth-order valence-corrected chi connectivity index (χ4v) is 2.28. The van der Waals surface area contributed by atoms with Crippen molar-refractivity contribution in [2.45, 2.75) is 6.92 Å². The summed E-state index contributed by atoms with van der Waals surface area (Å²) in [4.78, 5) is 25.8. The molecule has 0 fully saturated rings. The molecule has 0 unspecified atom stereocenters. The van der Waals surface area contributed by atoms with Gasteiger partial charge in [0.05, 0.1) is 22.5 Å². The number of hydrogen-bond acceptors (Lipinski definition) is 4. The predicted molar refractivity (Wildman–Crippen MR) is 69.9 cm³/mol. The van der Waals surface area contributed by atoms with E-state index in [2.05, 4.69) is 5.10 Å². The quantitative estimate of drug-likeness (QED) is 0.612. The third-order valence-electron chi connectivity index (χ3n) is 3.14. The normalized spacial score (nSPS) is 14.1. The molecule has 0 atom stereocenters. The number of amides is 2. The third kappa shape index (κ3) is 1.53. The molecule has 2 aromatic rings. The van der Waals surface area contributed by atoms with Crippen LogP contribution in [0.2, 0.25) is 0 Å². The molecule has 0 saturated carbocycles. The average molecular weight is 256 g/mol. The lowest BCUT2D eigenvalue weighted by atomic mass is 10.1. The zero-order chi connectivity index (χ0) is 13.7. The Labute approximate surface area is 109 Å². The number of aryl methyl sites for hydroxylation is 2. The first-order valence-electron chi connectivity index (χ1n) is 5.77. The van der Waals surface area contributed by atoms with E-state index in [1.165, 1.54) is 6.07 Å². The van der Waals surface area contributed by atoms with E-state index in [0.29, 0.717) is 28.2 Å². The van der Waals surface area contributed by atoms with Gasteiger partial charge in [-0.1, -0.05) is 0 Å². The van der Waals surface area contributed by atoms with Crippen LogP contribution in [-0.2, 0) is 7.05 Å². The van der Waals surface area contributed by atoms with E-state index in [0.717, 1.165) is 4.90 Å². The first kappa shape index (κ1) is 11.5. The zero-order valence-corrected chi connectivity index (χ0v) is 10.5. The van der Waals surface area contributed by atoms with Gasteiger partial charge in [0.15, 0.2) is 0 Å². The SMILES string of the molecule is Cc1nn(C)cc1N1C(=O)c2ccc(N)cc2C1=O. The number of hydrogen-bond donors (Lipinski definition) is 1. The van der Waals surface area contributed by atoms with Crippen molar-refractivity contribution in [1.82, 2.24) is 9.78 Å². The summed E-state index contributed by atoms with van der Waals surface area (Å²) in [5, 5.41) is 4.15. The van der Waals surface area contributed by atoms with E-state index in [1.54, 1.807) is 37.0 Å². The number of nitrogen functional groups attached to an aromatic ring is 1. The summed E-state index contributed by atoms with van der Waals surface area (Å²) in [6.45, 7) is 1.76. The van der Waals surface area contributed by atoms with Crippen LogP contribution in [0.5, 0.6) is 0 Å². The molecule has 1 aromatic carbocycles. The molecule has 2 N–H and O–H groups in total. The Kier molecular flexibility index (Phi) is 2.22. The molecule has 1 aromatic heterocycles. The molecule has 2 heterocycles. The van der Waals surface area contributed by atoms with Gasteiger partial charge in [0.25, 0.3) is 11.8 Å². The number of nitrogens with zero attached hydrogens (tertiary/aromatic N) is 3. The predicted octanol–water partition coefficient (Wildman–Crippen LogP) is 1.11. The Morgan fingerprint density at radius 3 is 2.47 bits per heavy atom. The fourth-order valence-electron chi connectivity index (χ4n) is 2.28. The molecule has 1 aliphatic rings. The molecule has 0 radical (unpaired) electrons. The van der Waals surface area contributed by atoms with Crippen LogP contribution >= 0.6 is 0 Å². The molecule has 0 saturated heterocycles. The molecule has 0 spiro atoms. The minimum Gasteiger partial charge on any atom is -0.399 e. The maximum atomic E-state index is 12.3. The number of carbonyl (C=O) groups excluding carboxylic acids is 2. The minimum absolute atomic E-state index is 0.337. The number of rotatable bonds is 1. The van der Waals surface area contributed by atoms with Crippen LogP contribution in [0.15, 0.2) is 24.4 Å². The smallest absolute Gasteiger partial charge is 0.266 e. The van der Waals surface area contributed by atoms with Gasteiger partial charge in [-0.15, -0.1) is 0 Å². The lowest BCUT2D eigenvalue weighted by Gasteiger charge is -2.11. The number of carbonyl (C=O) groups is 2. The van der Waals surface area contributed by atoms with Crippen LogP contribution < -0.4 is 10.6 Å². The van der Waals surface area contributed by atoms with E-state index in [4.69, 9.17) is 5.73 Å². The second-order valence-corrected chi connectivity index (χ2v) is 4.52. The highest BCUT2D eigenvalue weighted by Crippen LogP contribution is 2.30. The van der Waals surface area contributed by atoms with Gasteiger partial charge < -0.3 is 5.73 Å². The molecular formula is C13H12N4O2. The molecule has 3 rings (SSSR count). The Balaban J connectivity index is 2.15. The van der Waals surface area contributed by atoms with E-state index in [9.17, 15) is 9.59 Å². The van der Waals surface area contributed by atoms with Gasteiger partial charge in [0.1, 0.15) is 0 Å². The molecule has 2 amide bonds. The lowest BCUT2D eigenvalue weighted by Crippen LogP contribution is -2.29. The Bertz CT molecular complexity index is 717. The summed E-state index contributed by atoms with van der Waals surface area (Å²) in [7, 11) is 1.74. The van der Waals surface area contributed by atoms with E-state index >= 15 is 0 Å². The number of imide groups is 1. The summed E-state index contributed by atoms with van der Waals surface area (Å²) in [5.41, 5.74) is 7.98. The summed E-state index contributed by atoms with van der Waals surface area (Å²) in [5.74, 6) is -0.695. The topological polar surface area (TPSA) is 81.2 Å². The summed E-state index contributed by atoms with van der Waals surface area (Å²) >= 11 is 0. The van der Waals surface area contributed by atoms with Crippen molar-refractivity contribution in [2.24, 2.45) is 7.05 Å². The molecule has 96 valence electrons. The van der Waals surface area contributed by atoms with Crippen LogP contribution in [0.3, 0.4) is 0 Å². The van der Waals surface area contributed by atoms with Gasteiger partial charge in [-0.3, -0.25) is 14.3 Å². The van der Waals surface area contributed by atoms with Crippen LogP contribution in [0.4, 0.5) is 11.4 Å². The molecule has 19 heavy (non-hydrogen) atoms. The van der Waals surface area contributed by atoms with Crippen LogP contribution in [0.1, 0.15) is 26.4 Å². The molecule has 0 aliphatic carbocycles. The Morgan fingerprint density at radius 1 is 1.16 bits per heavy atom. The number of fused-ring (bicyclic) bond motifs is 1. The highest BCUT2D eigenvalue weighted by molar-refractivity contribution is 6.34. The second-order valence-electron chi connectivity index (χ2n) is 4.52. The fraction of sp³-hybridized carbons (Fsp3) is 0.154. The van der Waals surface area contributed by atoms with Crippen molar-refractivity contribution < 1.29 is 9.59 Å². The summed E-state index contributed by atoms with van der Waals surface area (Å²) in [6, 6.07) is 4.72. The second kappa shape index (κ2) is 3.68. The van der Waals surface area contributed by atoms with Crippen molar-refractivity contribution in [3.05, 3.63) is 41.2 Å². The van der Waals surface area contributed by atoms with Crippen LogP contribution in [0.25, 0.3) is 0 Å². The first-order valence-corrected chi connectivity index (χ1v) is 5.77. The van der Waals surface area contributed by atoms with Gasteiger partial charge in [0, 0.05) is 18.9 Å². The molecule has 6 nitrogen and oxygen atoms in total. The van der Waals surface area contributed by atoms with Gasteiger partial charge in [0.2, 0.25) is 0 Å². The Hall–Kier alpha value is -2.63. The van der Waals surface area contributed by atoms with E-state index < -0.39 is 0 Å². The van der Waals surface area contributed by atoms with Crippen LogP contribution in [0, 0.1) is 6.92 Å². The largest absolute Gasteiger partial charge is 0.399 e. The van der Waals surface area contributed by atoms with Crippen molar-refractivity contribution in [2.75, 3.05) is 10.6 Å². The zero-order valence-electron chi connectivity index (χ0n) is 10.5. The first-order chi connectivity index (χ1) is 8.99. The highest BCUT2D eigenvalue weighted by Gasteiger charge is 2.38. The van der Waals surface area contributed by atoms with Gasteiger partial charge in [-0.2, -0.15) is 5.10 Å². The molecule has 1 aliphatic heterocycles. The van der Waals surface area contributed by atoms with E-state index in [1.807, 2.05) is 0 Å². The van der Waals surface area contributed by atoms with Crippen molar-refractivity contribution >= 4 is 23.2 Å². The number of benzene rings is 1. The molecular weight excluding hydrogens is 244 g/mol. The van der Waals surface area contributed by atoms with Crippen molar-refractivity contribution in [1.29, 1.82) is 0 Å². The summed E-state index contributed by atoms with van der Waals surface area (Å²) in [6.07, 6.45) is 1.65. The standard InChI is InChI=1S/C13H12N4O2/c1-7-11(6-16(2)15-7)17-12(18)9-4-3-8(14)5-10(9)13(17)19/h3-6H,14H2,1-2H3. The monoisotopic (exact) mass is 256 g/mol. The third-order valence-corrected chi connectivity index (χ3v) is 3.14. The summed E-state index contributed by atoms with van der Waals surface area (Å²) < 4.78 is 1.57. The van der Waals surface area contributed by atoms with Crippen LogP contribution in [-0.4, -0.2) is 21.6 Å². The average Bonchev–Trinajstić information content (AvgIpc) is 2.78. The van der Waals surface area contributed by atoms with Gasteiger partial charge in [-0.05, 0) is 25.1 Å². The lowest BCUT2D eigenvalue weighted by molar-refractivity contribution is 0.0926. The number of nitrogens with two attached hydrogens (primary N) is 1. The van der Waals surface area contributed by atoms with Gasteiger partial charge in [-0.25, -0.2) is 4.90 Å². The maximum Gasteiger partial charge on any atom is 0.266 e. The Morgan fingerprint density at radius 2 is 1.84 bits per heavy atom. The van der Waals surface area contributed by atoms with Crippen molar-refractivity contribution in [3.63, 3.8) is 0 Å². The number of anilines is 2. The van der Waals surface area contributed by atoms with Crippen molar-refractivity contribution in [3.8, 4) is 0 Å². The number of aromatic nitrogens is 2. The van der Waals surface area contributed by atoms with E-state index in [-0.39, 0.29) is 11.8 Å². The van der Waals surface area contributed by atoms with Gasteiger partial charge >= 0.3 is 0 Å². The minimum atomic E-state index is -0.358. The highest BCUT2D eigenvalue weighted by atomic mass is 16.2. The maximum absolute atomic E-state index is 12.3. The molecule has 6 heteroatoms. The molecule has 0 bridgehead atoms.